The van der Waals surface area contributed by atoms with Crippen molar-refractivity contribution < 1.29 is 0 Å². The highest BCUT2D eigenvalue weighted by Crippen LogP contribution is 2.42. The van der Waals surface area contributed by atoms with Gasteiger partial charge in [-0.05, 0) is 99.5 Å². The van der Waals surface area contributed by atoms with E-state index in [0.717, 1.165) is 40.0 Å². The fourth-order valence-corrected chi connectivity index (χ4v) is 8.33. The van der Waals surface area contributed by atoms with Crippen molar-refractivity contribution in [3.8, 4) is 50.2 Å². The summed E-state index contributed by atoms with van der Waals surface area (Å²) in [6, 6.07) is 72.2. The third kappa shape index (κ3) is 6.38. The molecule has 8 aromatic carbocycles. The molecule has 0 aliphatic carbocycles. The Balaban J connectivity index is 1.02. The van der Waals surface area contributed by atoms with E-state index in [1.165, 1.54) is 60.8 Å². The summed E-state index contributed by atoms with van der Waals surface area (Å²) in [7, 11) is 0. The zero-order chi connectivity index (χ0) is 38.1. The minimum absolute atomic E-state index is 0.846. The SMILES string of the molecule is C=c1\c2c3ccccc3n1-c1ccc(-c3ccc(-c4ccccc4N(c4ccc(-c5ccccc5)cc4)c4ccc(-c5ccccc5)cc4)cc3)cc1C/C=C\C=2. The minimum atomic E-state index is 0.846. The summed E-state index contributed by atoms with van der Waals surface area (Å²) < 4.78 is 2.32. The summed E-state index contributed by atoms with van der Waals surface area (Å²) in [4.78, 5) is 2.38. The molecular formula is C55H40N2. The summed E-state index contributed by atoms with van der Waals surface area (Å²) >= 11 is 0. The number of fused-ring (bicyclic) bond motifs is 7. The minimum Gasteiger partial charge on any atom is -0.310 e. The van der Waals surface area contributed by atoms with E-state index in [1.807, 2.05) is 0 Å². The zero-order valence-electron chi connectivity index (χ0n) is 31.6. The highest BCUT2D eigenvalue weighted by molar-refractivity contribution is 5.90. The van der Waals surface area contributed by atoms with Crippen LogP contribution in [-0.2, 0) is 6.42 Å². The fraction of sp³-hybridized carbons (Fsp3) is 0.0182. The first-order chi connectivity index (χ1) is 28.2. The Bertz CT molecular complexity index is 2930. The van der Waals surface area contributed by atoms with E-state index in [2.05, 4.69) is 234 Å². The Morgan fingerprint density at radius 1 is 0.456 bits per heavy atom. The quantitative estimate of drug-likeness (QED) is 0.159. The maximum absolute atomic E-state index is 4.53. The number of rotatable bonds is 7. The summed E-state index contributed by atoms with van der Waals surface area (Å²) in [5.74, 6) is 0. The third-order valence-electron chi connectivity index (χ3n) is 11.2. The highest BCUT2D eigenvalue weighted by Gasteiger charge is 2.18. The fourth-order valence-electron chi connectivity index (χ4n) is 8.33. The van der Waals surface area contributed by atoms with Crippen molar-refractivity contribution >= 4 is 40.6 Å². The van der Waals surface area contributed by atoms with Crippen LogP contribution in [0.3, 0.4) is 0 Å². The molecule has 270 valence electrons. The molecule has 57 heavy (non-hydrogen) atoms. The molecule has 0 amide bonds. The molecule has 9 aromatic rings. The van der Waals surface area contributed by atoms with E-state index in [-0.39, 0.29) is 0 Å². The van der Waals surface area contributed by atoms with Crippen LogP contribution in [0.2, 0.25) is 0 Å². The maximum Gasteiger partial charge on any atom is 0.0540 e. The number of anilines is 3. The first kappa shape index (κ1) is 34.1. The average molecular weight is 729 g/mol. The predicted molar refractivity (Wildman–Crippen MR) is 242 cm³/mol. The molecule has 0 saturated heterocycles. The molecule has 2 heterocycles. The van der Waals surface area contributed by atoms with E-state index in [9.17, 15) is 0 Å². The summed E-state index contributed by atoms with van der Waals surface area (Å²) in [6.07, 6.45) is 7.47. The van der Waals surface area contributed by atoms with Gasteiger partial charge in [-0.25, -0.2) is 0 Å². The molecule has 0 spiro atoms. The van der Waals surface area contributed by atoms with E-state index in [0.29, 0.717) is 0 Å². The number of benzene rings is 8. The van der Waals surface area contributed by atoms with Crippen LogP contribution in [0.1, 0.15) is 5.56 Å². The van der Waals surface area contributed by atoms with Crippen LogP contribution in [0.15, 0.2) is 212 Å². The second-order valence-corrected chi connectivity index (χ2v) is 14.6. The number of allylic oxidation sites excluding steroid dienone is 2. The Morgan fingerprint density at radius 3 is 1.63 bits per heavy atom. The smallest absolute Gasteiger partial charge is 0.0540 e. The molecule has 1 aromatic heterocycles. The lowest BCUT2D eigenvalue weighted by molar-refractivity contribution is 1.04. The average Bonchev–Trinajstić information content (AvgIpc) is 3.59. The Labute approximate surface area is 333 Å². The molecule has 0 N–H and O–H groups in total. The predicted octanol–water partition coefficient (Wildman–Crippen LogP) is 13.1. The van der Waals surface area contributed by atoms with Gasteiger partial charge in [0, 0.05) is 38.6 Å². The van der Waals surface area contributed by atoms with E-state index in [4.69, 9.17) is 0 Å². The first-order valence-corrected chi connectivity index (χ1v) is 19.6. The maximum atomic E-state index is 4.53. The van der Waals surface area contributed by atoms with Crippen molar-refractivity contribution in [3.63, 3.8) is 0 Å². The van der Waals surface area contributed by atoms with Gasteiger partial charge in [0.25, 0.3) is 0 Å². The van der Waals surface area contributed by atoms with Gasteiger partial charge < -0.3 is 9.47 Å². The van der Waals surface area contributed by atoms with Crippen LogP contribution in [0, 0.1) is 0 Å². The molecule has 0 unspecified atom stereocenters. The summed E-state index contributed by atoms with van der Waals surface area (Å²) in [5.41, 5.74) is 16.5. The van der Waals surface area contributed by atoms with Crippen LogP contribution in [-0.4, -0.2) is 4.57 Å². The Kier molecular flexibility index (Phi) is 8.78. The lowest BCUT2D eigenvalue weighted by Gasteiger charge is -2.28. The van der Waals surface area contributed by atoms with Crippen LogP contribution >= 0.6 is 0 Å². The molecule has 2 bridgehead atoms. The zero-order valence-corrected chi connectivity index (χ0v) is 31.6. The molecule has 10 rings (SSSR count). The summed E-state index contributed by atoms with van der Waals surface area (Å²) in [5, 5.41) is 3.43. The van der Waals surface area contributed by atoms with Crippen molar-refractivity contribution in [1.82, 2.24) is 4.57 Å². The first-order valence-electron chi connectivity index (χ1n) is 19.6. The largest absolute Gasteiger partial charge is 0.310 e. The molecule has 0 atom stereocenters. The molecule has 2 heteroatoms. The van der Waals surface area contributed by atoms with Crippen LogP contribution in [0.25, 0.3) is 73.8 Å². The highest BCUT2D eigenvalue weighted by atomic mass is 15.1. The number of aromatic nitrogens is 1. The van der Waals surface area contributed by atoms with Gasteiger partial charge in [0.2, 0.25) is 0 Å². The number of hydrogen-bond acceptors (Lipinski definition) is 1. The van der Waals surface area contributed by atoms with Gasteiger partial charge in [-0.1, -0.05) is 176 Å². The van der Waals surface area contributed by atoms with E-state index in [1.54, 1.807) is 0 Å². The molecule has 1 aliphatic heterocycles. The normalized spacial score (nSPS) is 13.1. The lowest BCUT2D eigenvalue weighted by Crippen LogP contribution is -2.26. The molecule has 1 aliphatic rings. The van der Waals surface area contributed by atoms with Gasteiger partial charge in [0.15, 0.2) is 0 Å². The van der Waals surface area contributed by atoms with Gasteiger partial charge in [-0.3, -0.25) is 0 Å². The Hall–Kier alpha value is -7.42. The van der Waals surface area contributed by atoms with Gasteiger partial charge >= 0.3 is 0 Å². The van der Waals surface area contributed by atoms with Crippen LogP contribution < -0.4 is 15.5 Å². The molecule has 0 saturated carbocycles. The van der Waals surface area contributed by atoms with Gasteiger partial charge in [-0.15, -0.1) is 0 Å². The second kappa shape index (κ2) is 14.7. The van der Waals surface area contributed by atoms with E-state index < -0.39 is 0 Å². The molecule has 2 nitrogen and oxygen atoms in total. The monoisotopic (exact) mass is 728 g/mol. The standard InChI is InChI=1S/C55H40N2/c1-39-50-19-9-8-18-47-38-46(32-37-53(47)56(39)55-23-13-11-21-52(50)55)44-24-26-45(27-25-44)51-20-10-12-22-54(51)57(48-33-28-42(29-34-48)40-14-4-2-5-15-40)49-35-30-43(31-36-49)41-16-6-3-7-17-41/h2-17,19-38H,1,18H2/b9-8-,50-19+. The second-order valence-electron chi connectivity index (χ2n) is 14.6. The van der Waals surface area contributed by atoms with Crippen molar-refractivity contribution in [2.45, 2.75) is 6.42 Å². The number of hydrogen-bond donors (Lipinski definition) is 0. The lowest BCUT2D eigenvalue weighted by atomic mass is 9.96. The van der Waals surface area contributed by atoms with Crippen molar-refractivity contribution in [1.29, 1.82) is 0 Å². The van der Waals surface area contributed by atoms with E-state index >= 15 is 0 Å². The number of nitrogens with zero attached hydrogens (tertiary/aromatic N) is 2. The van der Waals surface area contributed by atoms with Crippen molar-refractivity contribution in [2.75, 3.05) is 4.90 Å². The summed E-state index contributed by atoms with van der Waals surface area (Å²) in [6.45, 7) is 4.53. The molecule has 0 fully saturated rings. The van der Waals surface area contributed by atoms with Gasteiger partial charge in [0.1, 0.15) is 0 Å². The van der Waals surface area contributed by atoms with Crippen LogP contribution in [0.4, 0.5) is 17.1 Å². The molecular weight excluding hydrogens is 689 g/mol. The van der Waals surface area contributed by atoms with Crippen molar-refractivity contribution in [3.05, 3.63) is 228 Å². The van der Waals surface area contributed by atoms with Crippen LogP contribution in [0.5, 0.6) is 0 Å². The Morgan fingerprint density at radius 2 is 0.965 bits per heavy atom. The van der Waals surface area contributed by atoms with Gasteiger partial charge in [0.05, 0.1) is 11.2 Å². The number of para-hydroxylation sites is 2. The van der Waals surface area contributed by atoms with Gasteiger partial charge in [-0.2, -0.15) is 0 Å². The molecule has 0 radical (unpaired) electrons. The third-order valence-corrected chi connectivity index (χ3v) is 11.2. The van der Waals surface area contributed by atoms with Crippen molar-refractivity contribution in [2.24, 2.45) is 0 Å². The topological polar surface area (TPSA) is 8.17 Å².